The van der Waals surface area contributed by atoms with E-state index in [0.29, 0.717) is 6.54 Å². The summed E-state index contributed by atoms with van der Waals surface area (Å²) in [6, 6.07) is 7.94. The summed E-state index contributed by atoms with van der Waals surface area (Å²) in [5.41, 5.74) is -0.157. The first-order valence-electron chi connectivity index (χ1n) is 7.14. The molecule has 0 aliphatic rings. The van der Waals surface area contributed by atoms with Crippen molar-refractivity contribution in [2.45, 2.75) is 18.8 Å². The van der Waals surface area contributed by atoms with Crippen LogP contribution in [0.5, 0.6) is 11.6 Å². The molecule has 1 atom stereocenters. The Morgan fingerprint density at radius 1 is 1.17 bits per heavy atom. The van der Waals surface area contributed by atoms with E-state index in [-0.39, 0.29) is 18.2 Å². The Morgan fingerprint density at radius 2 is 1.92 bits per heavy atom. The van der Waals surface area contributed by atoms with Crippen LogP contribution in [0.4, 0.5) is 17.6 Å². The van der Waals surface area contributed by atoms with Gasteiger partial charge < -0.3 is 15.2 Å². The first-order chi connectivity index (χ1) is 11.4. The molecule has 0 amide bonds. The van der Waals surface area contributed by atoms with Gasteiger partial charge in [-0.2, -0.15) is 13.2 Å². The highest BCUT2D eigenvalue weighted by Crippen LogP contribution is 2.37. The Labute approximate surface area is 136 Å². The lowest BCUT2D eigenvalue weighted by Crippen LogP contribution is -2.27. The summed E-state index contributed by atoms with van der Waals surface area (Å²) in [5, 5.41) is 11.9. The number of hydrogen-bond donors (Lipinski definition) is 2. The van der Waals surface area contributed by atoms with E-state index in [2.05, 4.69) is 10.3 Å². The number of hydrogen-bond acceptors (Lipinski definition) is 4. The molecule has 1 aromatic heterocycles. The SMILES string of the molecule is O[C@H](CF)CNCc1ccc(Oc2ccccc2C(F)(F)F)nc1. The molecule has 0 saturated carbocycles. The highest BCUT2D eigenvalue weighted by Gasteiger charge is 2.34. The fraction of sp³-hybridized carbons (Fsp3) is 0.312. The number of para-hydroxylation sites is 1. The number of aromatic nitrogens is 1. The van der Waals surface area contributed by atoms with E-state index in [1.807, 2.05) is 0 Å². The number of halogens is 4. The van der Waals surface area contributed by atoms with Crippen molar-refractivity contribution < 1.29 is 27.4 Å². The highest BCUT2D eigenvalue weighted by molar-refractivity contribution is 5.38. The fourth-order valence-electron chi connectivity index (χ4n) is 1.92. The summed E-state index contributed by atoms with van der Waals surface area (Å²) in [4.78, 5) is 3.95. The predicted molar refractivity (Wildman–Crippen MR) is 79.4 cm³/mol. The fourth-order valence-corrected chi connectivity index (χ4v) is 1.92. The summed E-state index contributed by atoms with van der Waals surface area (Å²) in [6.45, 7) is -0.409. The number of ether oxygens (including phenoxy) is 1. The highest BCUT2D eigenvalue weighted by atomic mass is 19.4. The van der Waals surface area contributed by atoms with Crippen LogP contribution in [0.2, 0.25) is 0 Å². The number of rotatable bonds is 7. The Hall–Kier alpha value is -2.19. The molecule has 1 aromatic carbocycles. The third-order valence-corrected chi connectivity index (χ3v) is 3.09. The van der Waals surface area contributed by atoms with Crippen LogP contribution in [0.3, 0.4) is 0 Å². The number of aliphatic hydroxyl groups excluding tert-OH is 1. The Balaban J connectivity index is 2.00. The molecule has 1 heterocycles. The van der Waals surface area contributed by atoms with Crippen LogP contribution in [0.25, 0.3) is 0 Å². The number of benzene rings is 1. The Bertz CT molecular complexity index is 647. The van der Waals surface area contributed by atoms with Gasteiger partial charge in [-0.15, -0.1) is 0 Å². The zero-order valence-corrected chi connectivity index (χ0v) is 12.6. The lowest BCUT2D eigenvalue weighted by Gasteiger charge is -2.13. The van der Waals surface area contributed by atoms with Crippen molar-refractivity contribution in [1.82, 2.24) is 10.3 Å². The van der Waals surface area contributed by atoms with E-state index >= 15 is 0 Å². The molecule has 2 N–H and O–H groups in total. The van der Waals surface area contributed by atoms with Crippen LogP contribution in [-0.4, -0.2) is 29.4 Å². The minimum atomic E-state index is -4.52. The van der Waals surface area contributed by atoms with E-state index in [0.717, 1.165) is 11.6 Å². The van der Waals surface area contributed by atoms with Crippen molar-refractivity contribution in [3.05, 3.63) is 53.7 Å². The summed E-state index contributed by atoms with van der Waals surface area (Å²) in [5.74, 6) is -0.298. The van der Waals surface area contributed by atoms with E-state index in [4.69, 9.17) is 9.84 Å². The molecule has 0 unspecified atom stereocenters. The standard InChI is InChI=1S/C16H16F4N2O2/c17-7-12(23)10-21-8-11-5-6-15(22-9-11)24-14-4-2-1-3-13(14)16(18,19)20/h1-6,9,12,21,23H,7-8,10H2/t12-/m1/s1. The van der Waals surface area contributed by atoms with Gasteiger partial charge in [-0.05, 0) is 17.7 Å². The second-order valence-corrected chi connectivity index (χ2v) is 5.04. The molecule has 0 spiro atoms. The van der Waals surface area contributed by atoms with Gasteiger partial charge in [0.1, 0.15) is 12.4 Å². The molecule has 130 valence electrons. The monoisotopic (exact) mass is 344 g/mol. The number of pyridine rings is 1. The summed E-state index contributed by atoms with van der Waals surface area (Å²) in [6.07, 6.45) is -4.16. The van der Waals surface area contributed by atoms with Crippen molar-refractivity contribution in [2.75, 3.05) is 13.2 Å². The van der Waals surface area contributed by atoms with Crippen LogP contribution in [0.1, 0.15) is 11.1 Å². The molecule has 0 radical (unpaired) electrons. The number of nitrogens with one attached hydrogen (secondary N) is 1. The minimum Gasteiger partial charge on any atom is -0.438 e. The van der Waals surface area contributed by atoms with Crippen LogP contribution < -0.4 is 10.1 Å². The quantitative estimate of drug-likeness (QED) is 0.757. The van der Waals surface area contributed by atoms with Crippen molar-refractivity contribution in [3.63, 3.8) is 0 Å². The minimum absolute atomic E-state index is 0.0271. The smallest absolute Gasteiger partial charge is 0.419 e. The maximum absolute atomic E-state index is 12.9. The van der Waals surface area contributed by atoms with Crippen LogP contribution >= 0.6 is 0 Å². The predicted octanol–water partition coefficient (Wildman–Crippen LogP) is 3.31. The third-order valence-electron chi connectivity index (χ3n) is 3.09. The van der Waals surface area contributed by atoms with Gasteiger partial charge in [-0.25, -0.2) is 9.37 Å². The molecule has 0 saturated heterocycles. The van der Waals surface area contributed by atoms with E-state index in [1.165, 1.54) is 30.5 Å². The van der Waals surface area contributed by atoms with Gasteiger partial charge in [0, 0.05) is 25.4 Å². The van der Waals surface area contributed by atoms with Gasteiger partial charge in [0.15, 0.2) is 0 Å². The normalized spacial score (nSPS) is 12.9. The number of nitrogens with zero attached hydrogens (tertiary/aromatic N) is 1. The molecule has 8 heteroatoms. The third kappa shape index (κ3) is 5.17. The van der Waals surface area contributed by atoms with Gasteiger partial charge in [-0.1, -0.05) is 18.2 Å². The van der Waals surface area contributed by atoms with Crippen molar-refractivity contribution >= 4 is 0 Å². The second kappa shape index (κ2) is 8.07. The van der Waals surface area contributed by atoms with Gasteiger partial charge in [0.05, 0.1) is 11.7 Å². The molecular weight excluding hydrogens is 328 g/mol. The average molecular weight is 344 g/mol. The molecule has 0 fully saturated rings. The zero-order valence-electron chi connectivity index (χ0n) is 12.6. The van der Waals surface area contributed by atoms with E-state index in [9.17, 15) is 17.6 Å². The molecule has 24 heavy (non-hydrogen) atoms. The average Bonchev–Trinajstić information content (AvgIpc) is 2.56. The van der Waals surface area contributed by atoms with Crippen molar-refractivity contribution in [2.24, 2.45) is 0 Å². The van der Waals surface area contributed by atoms with Crippen LogP contribution in [0, 0.1) is 0 Å². The topological polar surface area (TPSA) is 54.4 Å². The van der Waals surface area contributed by atoms with Gasteiger partial charge >= 0.3 is 6.18 Å². The first kappa shape index (κ1) is 18.2. The number of aliphatic hydroxyl groups is 1. The van der Waals surface area contributed by atoms with Crippen LogP contribution in [-0.2, 0) is 12.7 Å². The molecule has 0 bridgehead atoms. The largest absolute Gasteiger partial charge is 0.438 e. The van der Waals surface area contributed by atoms with Crippen molar-refractivity contribution in [3.8, 4) is 11.6 Å². The van der Waals surface area contributed by atoms with Gasteiger partial charge in [0.2, 0.25) is 5.88 Å². The molecule has 0 aliphatic carbocycles. The van der Waals surface area contributed by atoms with E-state index < -0.39 is 24.5 Å². The molecule has 0 aliphatic heterocycles. The maximum atomic E-state index is 12.9. The molecule has 2 rings (SSSR count). The van der Waals surface area contributed by atoms with Crippen LogP contribution in [0.15, 0.2) is 42.6 Å². The van der Waals surface area contributed by atoms with Gasteiger partial charge in [0.25, 0.3) is 0 Å². The second-order valence-electron chi connectivity index (χ2n) is 5.04. The van der Waals surface area contributed by atoms with Crippen molar-refractivity contribution in [1.29, 1.82) is 0 Å². The lowest BCUT2D eigenvalue weighted by atomic mass is 10.2. The summed E-state index contributed by atoms with van der Waals surface area (Å²) >= 11 is 0. The molecular formula is C16H16F4N2O2. The Kier molecular flexibility index (Phi) is 6.10. The summed E-state index contributed by atoms with van der Waals surface area (Å²) in [7, 11) is 0. The van der Waals surface area contributed by atoms with Gasteiger partial charge in [-0.3, -0.25) is 0 Å². The molecule has 2 aromatic rings. The van der Waals surface area contributed by atoms with E-state index in [1.54, 1.807) is 6.07 Å². The molecule has 4 nitrogen and oxygen atoms in total. The summed E-state index contributed by atoms with van der Waals surface area (Å²) < 4.78 is 56.0. The zero-order chi connectivity index (χ0) is 17.6. The maximum Gasteiger partial charge on any atom is 0.419 e. The Morgan fingerprint density at radius 3 is 2.54 bits per heavy atom. The first-order valence-corrected chi connectivity index (χ1v) is 7.14. The number of alkyl halides is 4. The lowest BCUT2D eigenvalue weighted by molar-refractivity contribution is -0.138.